The highest BCUT2D eigenvalue weighted by Crippen LogP contribution is 2.77. The van der Waals surface area contributed by atoms with Gasteiger partial charge in [0.25, 0.3) is 0 Å². The second kappa shape index (κ2) is 11.5. The van der Waals surface area contributed by atoms with Crippen molar-refractivity contribution in [3.05, 3.63) is 23.8 Å². The summed E-state index contributed by atoms with van der Waals surface area (Å²) >= 11 is 0. The van der Waals surface area contributed by atoms with Gasteiger partial charge in [0, 0.05) is 30.2 Å². The van der Waals surface area contributed by atoms with E-state index >= 15 is 0 Å². The summed E-state index contributed by atoms with van der Waals surface area (Å²) in [5, 5.41) is 11.1. The largest absolute Gasteiger partial charge is 0.462 e. The molecular formula is C40H63NO4. The van der Waals surface area contributed by atoms with Crippen LogP contribution in [0, 0.1) is 56.7 Å². The Labute approximate surface area is 274 Å². The molecular weight excluding hydrogens is 558 g/mol. The molecule has 1 heterocycles. The number of aliphatic hydroxyl groups is 1. The number of piperidine rings is 1. The summed E-state index contributed by atoms with van der Waals surface area (Å²) in [5.41, 5.74) is 2.52. The number of amides is 1. The van der Waals surface area contributed by atoms with Crippen molar-refractivity contribution in [2.24, 2.45) is 56.7 Å². The molecule has 6 aliphatic rings. The summed E-state index contributed by atoms with van der Waals surface area (Å²) in [5.74, 6) is 2.41. The topological polar surface area (TPSA) is 66.8 Å². The van der Waals surface area contributed by atoms with Gasteiger partial charge in [-0.25, -0.2) is 4.79 Å². The second-order valence-corrected chi connectivity index (χ2v) is 18.2. The molecule has 0 aromatic rings. The zero-order chi connectivity index (χ0) is 32.6. The van der Waals surface area contributed by atoms with E-state index in [4.69, 9.17) is 4.74 Å². The van der Waals surface area contributed by atoms with Crippen molar-refractivity contribution in [3.63, 3.8) is 0 Å². The molecule has 5 heteroatoms. The molecule has 0 aromatic carbocycles. The maximum absolute atomic E-state index is 13.2. The van der Waals surface area contributed by atoms with Gasteiger partial charge in [0.05, 0.1) is 12.7 Å². The number of nitrogens with zero attached hydrogens (tertiary/aromatic N) is 1. The van der Waals surface area contributed by atoms with E-state index in [1.165, 1.54) is 50.2 Å². The van der Waals surface area contributed by atoms with E-state index in [1.54, 1.807) is 6.92 Å². The highest BCUT2D eigenvalue weighted by atomic mass is 16.5. The molecule has 10 atom stereocenters. The van der Waals surface area contributed by atoms with Gasteiger partial charge < -0.3 is 14.7 Å². The van der Waals surface area contributed by atoms with Gasteiger partial charge in [-0.2, -0.15) is 0 Å². The molecule has 5 nitrogen and oxygen atoms in total. The maximum atomic E-state index is 13.2. The van der Waals surface area contributed by atoms with Crippen LogP contribution in [0.2, 0.25) is 0 Å². The van der Waals surface area contributed by atoms with Crippen LogP contribution in [0.4, 0.5) is 0 Å². The smallest absolute Gasteiger partial charge is 0.331 e. The number of allylic oxidation sites excluding steroid dienone is 1. The number of ether oxygens (including phenoxy) is 1. The summed E-state index contributed by atoms with van der Waals surface area (Å²) in [4.78, 5) is 28.1. The fraction of sp³-hybridized carbons (Fsp3) is 0.850. The lowest BCUT2D eigenvalue weighted by Crippen LogP contribution is -2.66. The second-order valence-electron chi connectivity index (χ2n) is 18.2. The van der Waals surface area contributed by atoms with Crippen LogP contribution in [-0.4, -0.2) is 47.7 Å². The highest BCUT2D eigenvalue weighted by Gasteiger charge is 2.71. The number of hydrogen-bond donors (Lipinski definition) is 1. The number of aliphatic hydroxyl groups excluding tert-OH is 1. The minimum absolute atomic E-state index is 0.0106. The van der Waals surface area contributed by atoms with Crippen LogP contribution in [0.25, 0.3) is 0 Å². The van der Waals surface area contributed by atoms with Gasteiger partial charge in [-0.05, 0) is 149 Å². The van der Waals surface area contributed by atoms with Gasteiger partial charge in [-0.15, -0.1) is 0 Å². The Balaban J connectivity index is 1.24. The van der Waals surface area contributed by atoms with Crippen molar-refractivity contribution in [1.29, 1.82) is 0 Å². The quantitative estimate of drug-likeness (QED) is 0.190. The van der Waals surface area contributed by atoms with Crippen molar-refractivity contribution in [2.45, 2.75) is 138 Å². The third kappa shape index (κ3) is 5.02. The molecule has 6 fully saturated rings. The zero-order valence-electron chi connectivity index (χ0n) is 29.7. The minimum Gasteiger partial charge on any atom is -0.462 e. The predicted molar refractivity (Wildman–Crippen MR) is 180 cm³/mol. The van der Waals surface area contributed by atoms with Crippen LogP contribution in [0.15, 0.2) is 23.8 Å². The third-order valence-electron chi connectivity index (χ3n) is 16.0. The molecule has 5 aliphatic carbocycles. The van der Waals surface area contributed by atoms with Crippen LogP contribution >= 0.6 is 0 Å². The van der Waals surface area contributed by atoms with E-state index in [9.17, 15) is 14.7 Å². The summed E-state index contributed by atoms with van der Waals surface area (Å²) in [7, 11) is 0. The van der Waals surface area contributed by atoms with E-state index in [-0.39, 0.29) is 45.1 Å². The predicted octanol–water partition coefficient (Wildman–Crippen LogP) is 8.51. The van der Waals surface area contributed by atoms with Gasteiger partial charge in [0.2, 0.25) is 5.91 Å². The molecule has 5 saturated carbocycles. The van der Waals surface area contributed by atoms with Crippen molar-refractivity contribution in [1.82, 2.24) is 4.90 Å². The minimum atomic E-state index is -0.359. The highest BCUT2D eigenvalue weighted by molar-refractivity contribution is 5.99. The van der Waals surface area contributed by atoms with Crippen molar-refractivity contribution in [2.75, 3.05) is 19.7 Å². The number of esters is 1. The number of fused-ring (bicyclic) bond motifs is 7. The molecule has 1 aliphatic heterocycles. The molecule has 0 bridgehead atoms. The van der Waals surface area contributed by atoms with E-state index in [0.717, 1.165) is 58.0 Å². The maximum Gasteiger partial charge on any atom is 0.331 e. The number of carbonyl (C=O) groups excluding carboxylic acids is 2. The zero-order valence-corrected chi connectivity index (χ0v) is 29.7. The normalized spacial score (nSPS) is 45.9. The number of hydrogen-bond acceptors (Lipinski definition) is 4. The average molecular weight is 622 g/mol. The number of carbonyl (C=O) groups is 2. The van der Waals surface area contributed by atoms with Crippen LogP contribution in [0.5, 0.6) is 0 Å². The van der Waals surface area contributed by atoms with Crippen molar-refractivity contribution >= 4 is 11.9 Å². The van der Waals surface area contributed by atoms with Gasteiger partial charge in [-0.3, -0.25) is 4.79 Å². The molecule has 6 rings (SSSR count). The summed E-state index contributed by atoms with van der Waals surface area (Å²) in [6.07, 6.45) is 16.1. The first-order chi connectivity index (χ1) is 21.1. The molecule has 1 saturated heterocycles. The molecule has 0 radical (unpaired) electrons. The monoisotopic (exact) mass is 621 g/mol. The first kappa shape index (κ1) is 33.3. The summed E-state index contributed by atoms with van der Waals surface area (Å²) in [6, 6.07) is 0. The Bertz CT molecular complexity index is 1230. The van der Waals surface area contributed by atoms with Crippen LogP contribution < -0.4 is 0 Å². The van der Waals surface area contributed by atoms with Crippen LogP contribution in [0.3, 0.4) is 0 Å². The summed E-state index contributed by atoms with van der Waals surface area (Å²) < 4.78 is 6.15. The van der Waals surface area contributed by atoms with Crippen molar-refractivity contribution < 1.29 is 19.4 Å². The molecule has 1 N–H and O–H groups in total. The molecule has 45 heavy (non-hydrogen) atoms. The lowest BCUT2D eigenvalue weighted by Gasteiger charge is -2.73. The first-order valence-corrected chi connectivity index (χ1v) is 18.6. The Morgan fingerprint density at radius 3 is 2.24 bits per heavy atom. The summed E-state index contributed by atoms with van der Waals surface area (Å²) in [6.45, 7) is 23.1. The number of likely N-dealkylation sites (tertiary alicyclic amines) is 1. The van der Waals surface area contributed by atoms with Crippen LogP contribution in [-0.2, 0) is 14.3 Å². The number of rotatable bonds is 5. The molecule has 0 spiro atoms. The standard InChI is InChI=1S/C40H63NO4/c1-26(2)28-14-19-40(25-45-33(43)24-27(3)35(44)41-22-10-9-11-23-41)21-20-38(7)29(34(28)40)12-13-31-37(6)17-16-32(42)36(4,5)30(37)15-18-39(31,38)8/h24,28-32,34,42H,1,9-23,25H2,2-8H3/b27-24+/t28-,29+,30-,31+,32-,34+,37-,38+,39+,40+/m0/s1. The fourth-order valence-corrected chi connectivity index (χ4v) is 13.4. The third-order valence-corrected chi connectivity index (χ3v) is 16.0. The van der Waals surface area contributed by atoms with Crippen molar-refractivity contribution in [3.8, 4) is 0 Å². The fourth-order valence-electron chi connectivity index (χ4n) is 13.4. The Hall–Kier alpha value is -1.62. The SMILES string of the molecule is C=C(C)[C@@H]1CC[C@]2(COC(=O)/C=C(\C)C(=O)N3CCCCC3)CC[C@]3(C)[C@H](CC[C@@H]4[C@@]5(C)CC[C@H](O)C(C)(C)[C@@H]5CC[C@]43C)[C@@H]12. The molecule has 1 amide bonds. The first-order valence-electron chi connectivity index (χ1n) is 18.6. The van der Waals surface area contributed by atoms with Gasteiger partial charge in [-0.1, -0.05) is 46.8 Å². The molecule has 0 aromatic heterocycles. The molecule has 0 unspecified atom stereocenters. The van der Waals surface area contributed by atoms with E-state index < -0.39 is 0 Å². The lowest BCUT2D eigenvalue weighted by molar-refractivity contribution is -0.249. The molecule has 252 valence electrons. The van der Waals surface area contributed by atoms with Gasteiger partial charge >= 0.3 is 5.97 Å². The van der Waals surface area contributed by atoms with E-state index in [1.807, 2.05) is 4.90 Å². The van der Waals surface area contributed by atoms with Gasteiger partial charge in [0.15, 0.2) is 0 Å². The lowest BCUT2D eigenvalue weighted by atomic mass is 9.32. The Morgan fingerprint density at radius 1 is 0.844 bits per heavy atom. The average Bonchev–Trinajstić information content (AvgIpc) is 3.39. The van der Waals surface area contributed by atoms with E-state index in [0.29, 0.717) is 41.8 Å². The Morgan fingerprint density at radius 2 is 1.56 bits per heavy atom. The van der Waals surface area contributed by atoms with E-state index in [2.05, 4.69) is 48.1 Å². The van der Waals surface area contributed by atoms with Crippen LogP contribution in [0.1, 0.15) is 132 Å². The van der Waals surface area contributed by atoms with Gasteiger partial charge in [0.1, 0.15) is 0 Å². The Kier molecular flexibility index (Phi) is 8.52.